The quantitative estimate of drug-likeness (QED) is 0.430. The summed E-state index contributed by atoms with van der Waals surface area (Å²) in [6.07, 6.45) is -8.14. The molecular formula is C20H12F6N6O2. The largest absolute Gasteiger partial charge is 0.433 e. The van der Waals surface area contributed by atoms with Crippen LogP contribution >= 0.6 is 0 Å². The summed E-state index contributed by atoms with van der Waals surface area (Å²) in [5, 5.41) is 5.86. The fourth-order valence-corrected chi connectivity index (χ4v) is 3.39. The zero-order chi connectivity index (χ0) is 24.8. The van der Waals surface area contributed by atoms with E-state index in [1.807, 2.05) is 5.32 Å². The number of rotatable bonds is 3. The van der Waals surface area contributed by atoms with Gasteiger partial charge in [-0.2, -0.15) is 31.4 Å². The highest BCUT2D eigenvalue weighted by atomic mass is 19.4. The number of aromatic amines is 1. The van der Waals surface area contributed by atoms with Crippen LogP contribution in [0.2, 0.25) is 0 Å². The lowest BCUT2D eigenvalue weighted by molar-refractivity contribution is -0.141. The molecule has 1 aromatic carbocycles. The number of nitrogens with one attached hydrogen (secondary N) is 2. The van der Waals surface area contributed by atoms with Crippen molar-refractivity contribution in [1.29, 1.82) is 0 Å². The van der Waals surface area contributed by atoms with E-state index in [4.69, 9.17) is 0 Å². The molecule has 0 unspecified atom stereocenters. The van der Waals surface area contributed by atoms with Crippen molar-refractivity contribution in [2.75, 3.05) is 5.32 Å². The highest BCUT2D eigenvalue weighted by molar-refractivity contribution is 6.06. The number of hydrogen-bond donors (Lipinski definition) is 2. The average Bonchev–Trinajstić information content (AvgIpc) is 3.11. The first-order valence-electron chi connectivity index (χ1n) is 9.33. The van der Waals surface area contributed by atoms with E-state index in [9.17, 15) is 35.9 Å². The molecule has 0 spiro atoms. The second kappa shape index (κ2) is 7.97. The van der Waals surface area contributed by atoms with E-state index in [-0.39, 0.29) is 16.5 Å². The Balaban J connectivity index is 1.86. The second-order valence-electron chi connectivity index (χ2n) is 7.01. The minimum atomic E-state index is -5.09. The zero-order valence-electron chi connectivity index (χ0n) is 16.9. The van der Waals surface area contributed by atoms with Gasteiger partial charge >= 0.3 is 12.4 Å². The first kappa shape index (κ1) is 22.9. The predicted molar refractivity (Wildman–Crippen MR) is 107 cm³/mol. The SMILES string of the molecule is Cn1nc(-c2cccc3c(=O)[nH]cnc23)c(C(F)(F)F)c1C(=O)Nc1ccnc(C(F)(F)F)c1. The Hall–Kier alpha value is -4.23. The molecule has 1 amide bonds. The lowest BCUT2D eigenvalue weighted by Crippen LogP contribution is -2.21. The van der Waals surface area contributed by atoms with Crippen molar-refractivity contribution in [2.24, 2.45) is 7.05 Å². The van der Waals surface area contributed by atoms with Crippen LogP contribution in [-0.2, 0) is 19.4 Å². The third-order valence-corrected chi connectivity index (χ3v) is 4.78. The molecular weight excluding hydrogens is 470 g/mol. The Morgan fingerprint density at radius 2 is 1.79 bits per heavy atom. The number of nitrogens with zero attached hydrogens (tertiary/aromatic N) is 4. The number of aryl methyl sites for hydroxylation is 1. The number of fused-ring (bicyclic) bond motifs is 1. The van der Waals surface area contributed by atoms with Crippen LogP contribution < -0.4 is 10.9 Å². The number of carbonyl (C=O) groups is 1. The first-order chi connectivity index (χ1) is 15.9. The van der Waals surface area contributed by atoms with Gasteiger partial charge in [0.1, 0.15) is 22.6 Å². The van der Waals surface area contributed by atoms with Crippen LogP contribution in [0, 0.1) is 0 Å². The number of pyridine rings is 1. The van der Waals surface area contributed by atoms with E-state index in [1.54, 1.807) is 0 Å². The summed E-state index contributed by atoms with van der Waals surface area (Å²) in [6, 6.07) is 5.43. The molecule has 0 radical (unpaired) electrons. The van der Waals surface area contributed by atoms with Gasteiger partial charge in [0.05, 0.1) is 17.2 Å². The summed E-state index contributed by atoms with van der Waals surface area (Å²) in [5.74, 6) is -1.35. The van der Waals surface area contributed by atoms with Crippen molar-refractivity contribution in [3.63, 3.8) is 0 Å². The summed E-state index contributed by atoms with van der Waals surface area (Å²) in [5.41, 5.74) is -5.64. The Kier molecular flexibility index (Phi) is 5.38. The van der Waals surface area contributed by atoms with Gasteiger partial charge in [-0.3, -0.25) is 19.3 Å². The highest BCUT2D eigenvalue weighted by Gasteiger charge is 2.42. The molecule has 14 heteroatoms. The van der Waals surface area contributed by atoms with Crippen LogP contribution in [0.3, 0.4) is 0 Å². The number of aromatic nitrogens is 5. The summed E-state index contributed by atoms with van der Waals surface area (Å²) in [4.78, 5) is 34.2. The molecule has 0 fully saturated rings. The molecule has 0 aliphatic rings. The van der Waals surface area contributed by atoms with Crippen LogP contribution in [0.25, 0.3) is 22.2 Å². The maximum atomic E-state index is 14.1. The maximum absolute atomic E-state index is 14.1. The fourth-order valence-electron chi connectivity index (χ4n) is 3.39. The van der Waals surface area contributed by atoms with Crippen LogP contribution in [-0.4, -0.2) is 30.6 Å². The maximum Gasteiger partial charge on any atom is 0.433 e. The molecule has 0 bridgehead atoms. The molecule has 4 aromatic rings. The number of H-pyrrole nitrogens is 1. The Labute approximate surface area is 185 Å². The van der Waals surface area contributed by atoms with Crippen molar-refractivity contribution in [1.82, 2.24) is 24.7 Å². The lowest BCUT2D eigenvalue weighted by Gasteiger charge is -2.12. The van der Waals surface area contributed by atoms with Gasteiger partial charge < -0.3 is 10.3 Å². The normalized spacial score (nSPS) is 12.2. The van der Waals surface area contributed by atoms with Crippen LogP contribution in [0.15, 0.2) is 47.7 Å². The number of carbonyl (C=O) groups excluding carboxylic acids is 1. The molecule has 176 valence electrons. The van der Waals surface area contributed by atoms with Gasteiger partial charge in [-0.25, -0.2) is 4.98 Å². The standard InChI is InChI=1S/C20H12F6N6O2/c1-32-16(18(34)30-9-5-6-27-12(7-9)19(21,22)23)13(20(24,25)26)15(31-32)10-3-2-4-11-14(10)28-8-29-17(11)33/h2-8H,1H3,(H,27,30,34)(H,28,29,33). The topological polar surface area (TPSA) is 106 Å². The van der Waals surface area contributed by atoms with Crippen molar-refractivity contribution in [3.8, 4) is 11.3 Å². The summed E-state index contributed by atoms with van der Waals surface area (Å²) in [7, 11) is 1.08. The molecule has 0 atom stereocenters. The van der Waals surface area contributed by atoms with E-state index in [0.29, 0.717) is 10.7 Å². The minimum absolute atomic E-state index is 0.00115. The second-order valence-corrected chi connectivity index (χ2v) is 7.01. The van der Waals surface area contributed by atoms with Gasteiger partial charge in [-0.1, -0.05) is 12.1 Å². The van der Waals surface area contributed by atoms with E-state index >= 15 is 0 Å². The van der Waals surface area contributed by atoms with E-state index < -0.39 is 52.2 Å². The molecule has 8 nitrogen and oxygen atoms in total. The van der Waals surface area contributed by atoms with Crippen LogP contribution in [0.4, 0.5) is 32.0 Å². The number of benzene rings is 1. The third kappa shape index (κ3) is 4.09. The van der Waals surface area contributed by atoms with Gasteiger partial charge in [0, 0.05) is 24.5 Å². The summed E-state index contributed by atoms with van der Waals surface area (Å²) < 4.78 is 81.7. The van der Waals surface area contributed by atoms with Gasteiger partial charge in [0.15, 0.2) is 0 Å². The molecule has 34 heavy (non-hydrogen) atoms. The van der Waals surface area contributed by atoms with Crippen molar-refractivity contribution >= 4 is 22.5 Å². The molecule has 2 N–H and O–H groups in total. The zero-order valence-corrected chi connectivity index (χ0v) is 16.9. The molecule has 0 saturated carbocycles. The van der Waals surface area contributed by atoms with Crippen molar-refractivity contribution < 1.29 is 31.1 Å². The van der Waals surface area contributed by atoms with Gasteiger partial charge in [0.25, 0.3) is 11.5 Å². The van der Waals surface area contributed by atoms with E-state index in [1.165, 1.54) is 18.2 Å². The van der Waals surface area contributed by atoms with Crippen molar-refractivity contribution in [2.45, 2.75) is 12.4 Å². The molecule has 3 aromatic heterocycles. The molecule has 0 aliphatic heterocycles. The Morgan fingerprint density at radius 1 is 1.06 bits per heavy atom. The summed E-state index contributed by atoms with van der Waals surface area (Å²) in [6.45, 7) is 0. The monoisotopic (exact) mass is 482 g/mol. The average molecular weight is 482 g/mol. The predicted octanol–water partition coefficient (Wildman–Crippen LogP) is 4.01. The number of amides is 1. The number of anilines is 1. The lowest BCUT2D eigenvalue weighted by atomic mass is 10.0. The minimum Gasteiger partial charge on any atom is -0.321 e. The van der Waals surface area contributed by atoms with E-state index in [0.717, 1.165) is 25.6 Å². The number of hydrogen-bond acceptors (Lipinski definition) is 5. The first-order valence-corrected chi connectivity index (χ1v) is 9.33. The van der Waals surface area contributed by atoms with E-state index in [2.05, 4.69) is 20.1 Å². The van der Waals surface area contributed by atoms with Gasteiger partial charge in [-0.05, 0) is 18.2 Å². The molecule has 0 saturated heterocycles. The third-order valence-electron chi connectivity index (χ3n) is 4.78. The van der Waals surface area contributed by atoms with Crippen molar-refractivity contribution in [3.05, 3.63) is 70.2 Å². The summed E-state index contributed by atoms with van der Waals surface area (Å²) >= 11 is 0. The van der Waals surface area contributed by atoms with Gasteiger partial charge in [-0.15, -0.1) is 0 Å². The van der Waals surface area contributed by atoms with Crippen LogP contribution in [0.5, 0.6) is 0 Å². The molecule has 4 rings (SSSR count). The molecule has 0 aliphatic carbocycles. The number of alkyl halides is 6. The number of para-hydroxylation sites is 1. The molecule has 3 heterocycles. The highest BCUT2D eigenvalue weighted by Crippen LogP contribution is 2.40. The van der Waals surface area contributed by atoms with Crippen LogP contribution in [0.1, 0.15) is 21.7 Å². The fraction of sp³-hybridized carbons (Fsp3) is 0.150. The van der Waals surface area contributed by atoms with Gasteiger partial charge in [0.2, 0.25) is 0 Å². The smallest absolute Gasteiger partial charge is 0.321 e. The number of halogens is 6. The Bertz CT molecular complexity index is 1470. The Morgan fingerprint density at radius 3 is 2.47 bits per heavy atom.